The normalized spacial score (nSPS) is 24.2. The number of rotatable bonds is 4. The minimum Gasteiger partial charge on any atom is -0.346 e. The Labute approximate surface area is 149 Å². The van der Waals surface area contributed by atoms with Gasteiger partial charge in [0, 0.05) is 18.6 Å². The fourth-order valence-electron chi connectivity index (χ4n) is 3.83. The Morgan fingerprint density at radius 3 is 2.60 bits per heavy atom. The molecule has 0 aliphatic carbocycles. The van der Waals surface area contributed by atoms with Gasteiger partial charge in [-0.15, -0.1) is 0 Å². The van der Waals surface area contributed by atoms with Crippen molar-refractivity contribution in [2.45, 2.75) is 37.8 Å². The summed E-state index contributed by atoms with van der Waals surface area (Å²) in [6, 6.07) is 9.74. The summed E-state index contributed by atoms with van der Waals surface area (Å²) >= 11 is 0. The van der Waals surface area contributed by atoms with Gasteiger partial charge in [0.2, 0.25) is 0 Å². The average molecular weight is 345 g/mol. The van der Waals surface area contributed by atoms with Gasteiger partial charge in [0.05, 0.1) is 0 Å². The van der Waals surface area contributed by atoms with E-state index in [-0.39, 0.29) is 6.04 Å². The summed E-state index contributed by atoms with van der Waals surface area (Å²) in [6.07, 6.45) is 5.64. The van der Waals surface area contributed by atoms with Crippen LogP contribution in [-0.2, 0) is 4.79 Å². The van der Waals surface area contributed by atoms with Crippen LogP contribution in [0.3, 0.4) is 0 Å². The van der Waals surface area contributed by atoms with E-state index < -0.39 is 11.7 Å². The highest BCUT2D eigenvalue weighted by Gasteiger charge is 2.29. The van der Waals surface area contributed by atoms with Crippen LogP contribution in [0.4, 0.5) is 4.39 Å². The van der Waals surface area contributed by atoms with Crippen molar-refractivity contribution in [3.63, 3.8) is 0 Å². The van der Waals surface area contributed by atoms with E-state index in [0.717, 1.165) is 39.0 Å². The smallest absolute Gasteiger partial charge is 0.280 e. The van der Waals surface area contributed by atoms with Crippen molar-refractivity contribution in [1.29, 1.82) is 0 Å². The van der Waals surface area contributed by atoms with Crippen molar-refractivity contribution in [2.75, 3.05) is 33.2 Å². The van der Waals surface area contributed by atoms with Crippen LogP contribution in [0.1, 0.15) is 31.2 Å². The Hall–Kier alpha value is -1.72. The number of carbonyl (C=O) groups excluding carboxylic acids is 1. The maximum Gasteiger partial charge on any atom is 0.280 e. The molecule has 0 aromatic heterocycles. The molecule has 2 saturated heterocycles. The summed E-state index contributed by atoms with van der Waals surface area (Å²) in [7, 11) is 2.16. The molecule has 2 aliphatic heterocycles. The SMILES string of the molecule is CN1CCC(N2CCC[C@@H](NC(=O)/C(F)=C/c3ccccc3)C2)CC1. The minimum absolute atomic E-state index is 0.0378. The van der Waals surface area contributed by atoms with Crippen LogP contribution in [0.2, 0.25) is 0 Å². The van der Waals surface area contributed by atoms with Crippen molar-refractivity contribution >= 4 is 12.0 Å². The summed E-state index contributed by atoms with van der Waals surface area (Å²) in [5.74, 6) is -1.32. The number of piperidine rings is 2. The lowest BCUT2D eigenvalue weighted by Gasteiger charge is -2.41. The zero-order chi connectivity index (χ0) is 17.6. The number of hydrogen-bond acceptors (Lipinski definition) is 3. The maximum absolute atomic E-state index is 14.2. The predicted molar refractivity (Wildman–Crippen MR) is 98.8 cm³/mol. The molecule has 4 nitrogen and oxygen atoms in total. The van der Waals surface area contributed by atoms with Crippen molar-refractivity contribution in [2.24, 2.45) is 0 Å². The molecular formula is C20H28FN3O. The number of amides is 1. The number of nitrogens with zero attached hydrogens (tertiary/aromatic N) is 2. The van der Waals surface area contributed by atoms with E-state index >= 15 is 0 Å². The zero-order valence-electron chi connectivity index (χ0n) is 15.0. The van der Waals surface area contributed by atoms with E-state index in [4.69, 9.17) is 0 Å². The van der Waals surface area contributed by atoms with Gasteiger partial charge in [0.15, 0.2) is 5.83 Å². The van der Waals surface area contributed by atoms with Crippen LogP contribution in [0.5, 0.6) is 0 Å². The number of benzene rings is 1. The number of halogens is 1. The van der Waals surface area contributed by atoms with E-state index in [1.54, 1.807) is 12.1 Å². The van der Waals surface area contributed by atoms with E-state index in [9.17, 15) is 9.18 Å². The molecule has 0 bridgehead atoms. The Morgan fingerprint density at radius 2 is 1.88 bits per heavy atom. The zero-order valence-corrected chi connectivity index (χ0v) is 15.0. The monoisotopic (exact) mass is 345 g/mol. The molecule has 0 radical (unpaired) electrons. The Kier molecular flexibility index (Phi) is 6.21. The molecule has 1 atom stereocenters. The van der Waals surface area contributed by atoms with E-state index in [1.807, 2.05) is 18.2 Å². The van der Waals surface area contributed by atoms with E-state index in [1.165, 1.54) is 18.9 Å². The largest absolute Gasteiger partial charge is 0.346 e. The third-order valence-electron chi connectivity index (χ3n) is 5.30. The first-order chi connectivity index (χ1) is 12.1. The summed E-state index contributed by atoms with van der Waals surface area (Å²) in [5, 5.41) is 2.88. The lowest BCUT2D eigenvalue weighted by Crippen LogP contribution is -2.53. The van der Waals surface area contributed by atoms with Crippen LogP contribution in [0.15, 0.2) is 36.2 Å². The van der Waals surface area contributed by atoms with Crippen LogP contribution >= 0.6 is 0 Å². The Bertz CT molecular complexity index is 596. The Balaban J connectivity index is 1.53. The highest BCUT2D eigenvalue weighted by atomic mass is 19.1. The molecule has 0 unspecified atom stereocenters. The second-order valence-electron chi connectivity index (χ2n) is 7.24. The first kappa shape index (κ1) is 18.1. The summed E-state index contributed by atoms with van der Waals surface area (Å²) in [6.45, 7) is 4.18. The average Bonchev–Trinajstić information content (AvgIpc) is 2.63. The summed E-state index contributed by atoms with van der Waals surface area (Å²) in [5.41, 5.74) is 0.701. The van der Waals surface area contributed by atoms with Crippen LogP contribution in [-0.4, -0.2) is 61.0 Å². The molecule has 1 aromatic carbocycles. The van der Waals surface area contributed by atoms with Gasteiger partial charge in [0.25, 0.3) is 5.91 Å². The molecule has 0 spiro atoms. The molecule has 3 rings (SSSR count). The molecule has 2 fully saturated rings. The van der Waals surface area contributed by atoms with Gasteiger partial charge in [-0.25, -0.2) is 4.39 Å². The first-order valence-electron chi connectivity index (χ1n) is 9.27. The second-order valence-corrected chi connectivity index (χ2v) is 7.24. The molecule has 1 amide bonds. The summed E-state index contributed by atoms with van der Waals surface area (Å²) < 4.78 is 14.2. The third-order valence-corrected chi connectivity index (χ3v) is 5.30. The standard InChI is InChI=1S/C20H28FN3O/c1-23-12-9-18(10-13-23)24-11-5-8-17(15-24)22-20(25)19(21)14-16-6-3-2-4-7-16/h2-4,6-7,14,17-18H,5,8-13,15H2,1H3,(H,22,25)/b19-14-/t17-/m1/s1. The van der Waals surface area contributed by atoms with Gasteiger partial charge in [-0.1, -0.05) is 30.3 Å². The molecule has 0 saturated carbocycles. The molecule has 5 heteroatoms. The summed E-state index contributed by atoms with van der Waals surface area (Å²) in [4.78, 5) is 17.0. The van der Waals surface area contributed by atoms with E-state index in [0.29, 0.717) is 11.6 Å². The van der Waals surface area contributed by atoms with Crippen molar-refractivity contribution in [1.82, 2.24) is 15.1 Å². The first-order valence-corrected chi connectivity index (χ1v) is 9.27. The number of carbonyl (C=O) groups is 1. The number of hydrogen-bond donors (Lipinski definition) is 1. The van der Waals surface area contributed by atoms with Crippen molar-refractivity contribution in [3.8, 4) is 0 Å². The Morgan fingerprint density at radius 1 is 1.16 bits per heavy atom. The topological polar surface area (TPSA) is 35.6 Å². The number of nitrogens with one attached hydrogen (secondary N) is 1. The minimum atomic E-state index is -0.720. The van der Waals surface area contributed by atoms with Crippen LogP contribution < -0.4 is 5.32 Å². The lowest BCUT2D eigenvalue weighted by molar-refractivity contribution is -0.119. The van der Waals surface area contributed by atoms with Gasteiger partial charge in [-0.3, -0.25) is 9.69 Å². The number of likely N-dealkylation sites (tertiary alicyclic amines) is 2. The van der Waals surface area contributed by atoms with Crippen LogP contribution in [0.25, 0.3) is 6.08 Å². The fourth-order valence-corrected chi connectivity index (χ4v) is 3.83. The van der Waals surface area contributed by atoms with Crippen molar-refractivity contribution in [3.05, 3.63) is 41.7 Å². The molecule has 25 heavy (non-hydrogen) atoms. The van der Waals surface area contributed by atoms with Crippen LogP contribution in [0, 0.1) is 0 Å². The highest BCUT2D eigenvalue weighted by Crippen LogP contribution is 2.21. The molecule has 2 heterocycles. The van der Waals surface area contributed by atoms with E-state index in [2.05, 4.69) is 22.2 Å². The fraction of sp³-hybridized carbons (Fsp3) is 0.550. The molecule has 2 aliphatic rings. The molecular weight excluding hydrogens is 317 g/mol. The van der Waals surface area contributed by atoms with Gasteiger partial charge in [-0.2, -0.15) is 0 Å². The highest BCUT2D eigenvalue weighted by molar-refractivity contribution is 5.95. The third kappa shape index (κ3) is 5.13. The van der Waals surface area contributed by atoms with Gasteiger partial charge in [-0.05, 0) is 64.0 Å². The van der Waals surface area contributed by atoms with Gasteiger partial charge < -0.3 is 10.2 Å². The molecule has 1 N–H and O–H groups in total. The molecule has 1 aromatic rings. The predicted octanol–water partition coefficient (Wildman–Crippen LogP) is 2.67. The quantitative estimate of drug-likeness (QED) is 0.852. The maximum atomic E-state index is 14.2. The van der Waals surface area contributed by atoms with Crippen molar-refractivity contribution < 1.29 is 9.18 Å². The van der Waals surface area contributed by atoms with Gasteiger partial charge in [0.1, 0.15) is 0 Å². The molecule has 136 valence electrons. The van der Waals surface area contributed by atoms with Gasteiger partial charge >= 0.3 is 0 Å². The lowest BCUT2D eigenvalue weighted by atomic mass is 9.98. The second kappa shape index (κ2) is 8.59.